The van der Waals surface area contributed by atoms with Crippen molar-refractivity contribution in [3.63, 3.8) is 0 Å². The van der Waals surface area contributed by atoms with Crippen LogP contribution >= 0.6 is 0 Å². The maximum Gasteiger partial charge on any atom is 0.308 e. The predicted octanol–water partition coefficient (Wildman–Crippen LogP) is 3.97. The number of aryl methyl sites for hydroxylation is 1. The van der Waals surface area contributed by atoms with Gasteiger partial charge in [-0.3, -0.25) is 4.79 Å². The van der Waals surface area contributed by atoms with Crippen molar-refractivity contribution >= 4 is 5.97 Å². The number of esters is 1. The molecule has 0 amide bonds. The van der Waals surface area contributed by atoms with E-state index in [0.29, 0.717) is 5.75 Å². The third kappa shape index (κ3) is 3.76. The van der Waals surface area contributed by atoms with E-state index in [0.717, 1.165) is 30.1 Å². The van der Waals surface area contributed by atoms with Crippen LogP contribution in [0.1, 0.15) is 44.4 Å². The average Bonchev–Trinajstić information content (AvgIpc) is 2.55. The standard InChI is InChI=1S/C19H22N2O2/c1-3-4-14-5-10-18-16(11-14)12-20-19(21-18)15-6-8-17(9-7-15)23-13(2)22/h6-9,12,14H,3-5,10-11H2,1-2H3. The van der Waals surface area contributed by atoms with E-state index in [1.165, 1.54) is 37.4 Å². The Bertz CT molecular complexity index is 695. The molecule has 0 saturated carbocycles. The van der Waals surface area contributed by atoms with Crippen molar-refractivity contribution in [1.82, 2.24) is 9.97 Å². The van der Waals surface area contributed by atoms with E-state index < -0.39 is 0 Å². The van der Waals surface area contributed by atoms with Crippen molar-refractivity contribution in [2.75, 3.05) is 0 Å². The summed E-state index contributed by atoms with van der Waals surface area (Å²) >= 11 is 0. The summed E-state index contributed by atoms with van der Waals surface area (Å²) in [6.07, 6.45) is 7.89. The highest BCUT2D eigenvalue weighted by atomic mass is 16.5. The topological polar surface area (TPSA) is 52.1 Å². The molecule has 0 fully saturated rings. The number of benzene rings is 1. The summed E-state index contributed by atoms with van der Waals surface area (Å²) in [7, 11) is 0. The van der Waals surface area contributed by atoms with Crippen molar-refractivity contribution < 1.29 is 9.53 Å². The second kappa shape index (κ2) is 6.90. The second-order valence-electron chi connectivity index (χ2n) is 6.18. The Labute approximate surface area is 136 Å². The van der Waals surface area contributed by atoms with Crippen LogP contribution in [0.3, 0.4) is 0 Å². The Morgan fingerprint density at radius 3 is 2.78 bits per heavy atom. The molecule has 4 heteroatoms. The van der Waals surface area contributed by atoms with Crippen molar-refractivity contribution in [2.45, 2.75) is 46.0 Å². The maximum atomic E-state index is 11.0. The molecular formula is C19H22N2O2. The van der Waals surface area contributed by atoms with E-state index >= 15 is 0 Å². The minimum absolute atomic E-state index is 0.315. The quantitative estimate of drug-likeness (QED) is 0.633. The van der Waals surface area contributed by atoms with Gasteiger partial charge in [0.05, 0.1) is 0 Å². The first-order valence-corrected chi connectivity index (χ1v) is 8.29. The second-order valence-corrected chi connectivity index (χ2v) is 6.18. The van der Waals surface area contributed by atoms with E-state index in [-0.39, 0.29) is 5.97 Å². The minimum atomic E-state index is -0.315. The summed E-state index contributed by atoms with van der Waals surface area (Å²) < 4.78 is 5.05. The molecule has 0 spiro atoms. The fourth-order valence-electron chi connectivity index (χ4n) is 3.21. The lowest BCUT2D eigenvalue weighted by Gasteiger charge is -2.23. The van der Waals surface area contributed by atoms with Crippen LogP contribution in [0.2, 0.25) is 0 Å². The van der Waals surface area contributed by atoms with Crippen molar-refractivity contribution in [2.24, 2.45) is 5.92 Å². The van der Waals surface area contributed by atoms with E-state index in [4.69, 9.17) is 9.72 Å². The van der Waals surface area contributed by atoms with Crippen LogP contribution in [0, 0.1) is 5.92 Å². The average molecular weight is 310 g/mol. The lowest BCUT2D eigenvalue weighted by atomic mass is 9.84. The molecule has 1 aromatic heterocycles. The zero-order valence-corrected chi connectivity index (χ0v) is 13.7. The summed E-state index contributed by atoms with van der Waals surface area (Å²) in [6, 6.07) is 7.33. The van der Waals surface area contributed by atoms with Crippen molar-refractivity contribution in [1.29, 1.82) is 0 Å². The number of fused-ring (bicyclic) bond motifs is 1. The van der Waals surface area contributed by atoms with Crippen molar-refractivity contribution in [3.05, 3.63) is 41.7 Å². The van der Waals surface area contributed by atoms with Gasteiger partial charge in [0.1, 0.15) is 5.75 Å². The predicted molar refractivity (Wildman–Crippen MR) is 89.2 cm³/mol. The molecule has 0 bridgehead atoms. The number of nitrogens with zero attached hydrogens (tertiary/aromatic N) is 2. The smallest absolute Gasteiger partial charge is 0.308 e. The molecule has 2 aromatic rings. The lowest BCUT2D eigenvalue weighted by molar-refractivity contribution is -0.131. The van der Waals surface area contributed by atoms with Crippen molar-refractivity contribution in [3.8, 4) is 17.1 Å². The van der Waals surface area contributed by atoms with E-state index in [1.54, 1.807) is 12.1 Å². The molecule has 0 N–H and O–H groups in total. The Hall–Kier alpha value is -2.23. The zero-order valence-electron chi connectivity index (χ0n) is 13.7. The summed E-state index contributed by atoms with van der Waals surface area (Å²) in [5.41, 5.74) is 3.43. The summed E-state index contributed by atoms with van der Waals surface area (Å²) in [5.74, 6) is 1.75. The first kappa shape index (κ1) is 15.7. The van der Waals surface area contributed by atoms with Gasteiger partial charge < -0.3 is 4.74 Å². The van der Waals surface area contributed by atoms with Crippen LogP contribution in [0.5, 0.6) is 5.75 Å². The lowest BCUT2D eigenvalue weighted by Crippen LogP contribution is -2.16. The van der Waals surface area contributed by atoms with Gasteiger partial charge >= 0.3 is 5.97 Å². The molecule has 1 unspecified atom stereocenters. The van der Waals surface area contributed by atoms with E-state index in [2.05, 4.69) is 11.9 Å². The summed E-state index contributed by atoms with van der Waals surface area (Å²) in [6.45, 7) is 3.64. The van der Waals surface area contributed by atoms with Crippen LogP contribution in [0.4, 0.5) is 0 Å². The molecule has 4 nitrogen and oxygen atoms in total. The summed E-state index contributed by atoms with van der Waals surface area (Å²) in [5, 5.41) is 0. The van der Waals surface area contributed by atoms with E-state index in [9.17, 15) is 4.79 Å². The van der Waals surface area contributed by atoms with Gasteiger partial charge in [-0.1, -0.05) is 19.8 Å². The first-order chi connectivity index (χ1) is 11.2. The Morgan fingerprint density at radius 2 is 2.09 bits per heavy atom. The number of aromatic nitrogens is 2. The fraction of sp³-hybridized carbons (Fsp3) is 0.421. The zero-order chi connectivity index (χ0) is 16.2. The van der Waals surface area contributed by atoms with Gasteiger partial charge in [0.2, 0.25) is 0 Å². The van der Waals surface area contributed by atoms with Gasteiger partial charge in [0.15, 0.2) is 5.82 Å². The number of ether oxygens (including phenoxy) is 1. The number of hydrogen-bond acceptors (Lipinski definition) is 4. The molecule has 1 aliphatic rings. The molecule has 120 valence electrons. The van der Waals surface area contributed by atoms with Gasteiger partial charge in [-0.25, -0.2) is 9.97 Å². The number of carbonyl (C=O) groups is 1. The SMILES string of the molecule is CCCC1CCc2nc(-c3ccc(OC(C)=O)cc3)ncc2C1. The molecule has 0 aliphatic heterocycles. The van der Waals surface area contributed by atoms with Crippen LogP contribution in [0.25, 0.3) is 11.4 Å². The highest BCUT2D eigenvalue weighted by Crippen LogP contribution is 2.28. The molecule has 1 heterocycles. The number of carbonyl (C=O) groups excluding carboxylic acids is 1. The van der Waals surface area contributed by atoms with Crippen LogP contribution in [-0.4, -0.2) is 15.9 Å². The van der Waals surface area contributed by atoms with Gasteiger partial charge in [-0.15, -0.1) is 0 Å². The third-order valence-electron chi connectivity index (χ3n) is 4.32. The van der Waals surface area contributed by atoms with Crippen LogP contribution in [0.15, 0.2) is 30.5 Å². The Kier molecular flexibility index (Phi) is 4.70. The Morgan fingerprint density at radius 1 is 1.30 bits per heavy atom. The fourth-order valence-corrected chi connectivity index (χ4v) is 3.21. The molecule has 23 heavy (non-hydrogen) atoms. The molecule has 1 atom stereocenters. The van der Waals surface area contributed by atoms with Crippen LogP contribution in [-0.2, 0) is 17.6 Å². The summed E-state index contributed by atoms with van der Waals surface area (Å²) in [4.78, 5) is 20.2. The largest absolute Gasteiger partial charge is 0.427 e. The number of hydrogen-bond donors (Lipinski definition) is 0. The number of rotatable bonds is 4. The molecular weight excluding hydrogens is 288 g/mol. The van der Waals surface area contributed by atoms with E-state index in [1.807, 2.05) is 18.3 Å². The maximum absolute atomic E-state index is 11.0. The highest BCUT2D eigenvalue weighted by Gasteiger charge is 2.20. The Balaban J connectivity index is 1.78. The van der Waals surface area contributed by atoms with Gasteiger partial charge in [-0.05, 0) is 55.0 Å². The molecule has 1 aromatic carbocycles. The van der Waals surface area contributed by atoms with Gasteiger partial charge in [-0.2, -0.15) is 0 Å². The van der Waals surface area contributed by atoms with Gasteiger partial charge in [0, 0.05) is 24.4 Å². The first-order valence-electron chi connectivity index (χ1n) is 8.29. The molecule has 3 rings (SSSR count). The normalized spacial score (nSPS) is 16.7. The van der Waals surface area contributed by atoms with Crippen LogP contribution < -0.4 is 4.74 Å². The molecule has 0 saturated heterocycles. The minimum Gasteiger partial charge on any atom is -0.427 e. The highest BCUT2D eigenvalue weighted by molar-refractivity contribution is 5.69. The molecule has 1 aliphatic carbocycles. The van der Waals surface area contributed by atoms with Gasteiger partial charge in [0.25, 0.3) is 0 Å². The third-order valence-corrected chi connectivity index (χ3v) is 4.32. The monoisotopic (exact) mass is 310 g/mol. The molecule has 0 radical (unpaired) electrons.